The third kappa shape index (κ3) is 2.50. The molecule has 0 fully saturated rings. The molecular weight excluding hydrogens is 294 g/mol. The Hall–Kier alpha value is -2.95. The molecule has 116 valence electrons. The molecule has 0 saturated carbocycles. The van der Waals surface area contributed by atoms with Gasteiger partial charge in [-0.2, -0.15) is 0 Å². The third-order valence-corrected chi connectivity index (χ3v) is 4.01. The van der Waals surface area contributed by atoms with Gasteiger partial charge in [-0.1, -0.05) is 24.3 Å². The van der Waals surface area contributed by atoms with Crippen LogP contribution in [0.1, 0.15) is 32.1 Å². The van der Waals surface area contributed by atoms with Crippen molar-refractivity contribution in [1.29, 1.82) is 0 Å². The van der Waals surface area contributed by atoms with E-state index in [2.05, 4.69) is 4.74 Å². The number of carbonyl (C=O) groups excluding carboxylic acids is 3. The minimum Gasteiger partial charge on any atom is -0.469 e. The van der Waals surface area contributed by atoms with Crippen molar-refractivity contribution >= 4 is 23.1 Å². The molecule has 3 rings (SSSR count). The molecule has 0 radical (unpaired) electrons. The molecule has 0 amide bonds. The summed E-state index contributed by atoms with van der Waals surface area (Å²) in [6.45, 7) is 0. The van der Waals surface area contributed by atoms with E-state index < -0.39 is 0 Å². The molecule has 0 N–H and O–H groups in total. The molecule has 0 bridgehead atoms. The second-order valence-corrected chi connectivity index (χ2v) is 5.32. The molecule has 1 heterocycles. The van der Waals surface area contributed by atoms with Crippen molar-refractivity contribution in [3.63, 3.8) is 0 Å². The maximum absolute atomic E-state index is 12.7. The number of allylic oxidation sites excluding steroid dienone is 2. The predicted molar refractivity (Wildman–Crippen MR) is 84.2 cm³/mol. The summed E-state index contributed by atoms with van der Waals surface area (Å²) in [5.74, 6) is -0.736. The van der Waals surface area contributed by atoms with Crippen LogP contribution in [0.3, 0.4) is 0 Å². The van der Waals surface area contributed by atoms with E-state index >= 15 is 0 Å². The molecule has 0 spiro atoms. The molecule has 1 aromatic carbocycles. The van der Waals surface area contributed by atoms with Crippen molar-refractivity contribution in [3.05, 3.63) is 65.0 Å². The first kappa shape index (κ1) is 15.0. The first-order valence-corrected chi connectivity index (χ1v) is 7.14. The van der Waals surface area contributed by atoms with Crippen molar-refractivity contribution in [2.45, 2.75) is 6.42 Å². The lowest BCUT2D eigenvalue weighted by atomic mass is 9.88. The van der Waals surface area contributed by atoms with Crippen LogP contribution in [0.2, 0.25) is 0 Å². The number of hydrogen-bond donors (Lipinski definition) is 0. The first-order chi connectivity index (χ1) is 11.0. The lowest BCUT2D eigenvalue weighted by Gasteiger charge is -2.16. The Morgan fingerprint density at radius 3 is 2.48 bits per heavy atom. The fourth-order valence-corrected chi connectivity index (χ4v) is 2.73. The van der Waals surface area contributed by atoms with E-state index in [1.807, 2.05) is 0 Å². The molecule has 1 aromatic heterocycles. The minimum atomic E-state index is -0.358. The number of ketones is 2. The van der Waals surface area contributed by atoms with E-state index in [0.717, 1.165) is 0 Å². The van der Waals surface area contributed by atoms with Gasteiger partial charge in [-0.05, 0) is 18.2 Å². The van der Waals surface area contributed by atoms with E-state index in [4.69, 9.17) is 0 Å². The number of hydrogen-bond acceptors (Lipinski definition) is 4. The highest BCUT2D eigenvalue weighted by atomic mass is 16.5. The van der Waals surface area contributed by atoms with E-state index in [0.29, 0.717) is 28.1 Å². The number of ether oxygens (including phenoxy) is 1. The number of nitrogens with zero attached hydrogens (tertiary/aromatic N) is 1. The summed E-state index contributed by atoms with van der Waals surface area (Å²) in [5.41, 5.74) is 2.49. The second kappa shape index (κ2) is 5.68. The Morgan fingerprint density at radius 1 is 1.09 bits per heavy atom. The number of aromatic nitrogens is 1. The molecule has 5 nitrogen and oxygen atoms in total. The lowest BCUT2D eigenvalue weighted by Crippen LogP contribution is -2.18. The zero-order valence-electron chi connectivity index (χ0n) is 12.8. The highest BCUT2D eigenvalue weighted by molar-refractivity contribution is 6.38. The Balaban J connectivity index is 2.02. The van der Waals surface area contributed by atoms with Crippen LogP contribution in [0.15, 0.2) is 42.5 Å². The van der Waals surface area contributed by atoms with Crippen LogP contribution in [0, 0.1) is 0 Å². The van der Waals surface area contributed by atoms with Gasteiger partial charge in [0.05, 0.1) is 24.8 Å². The van der Waals surface area contributed by atoms with Gasteiger partial charge in [-0.15, -0.1) is 0 Å². The average molecular weight is 309 g/mol. The largest absolute Gasteiger partial charge is 0.469 e. The van der Waals surface area contributed by atoms with Crippen molar-refractivity contribution in [2.75, 3.05) is 7.11 Å². The second-order valence-electron chi connectivity index (χ2n) is 5.32. The zero-order chi connectivity index (χ0) is 16.6. The van der Waals surface area contributed by atoms with E-state index in [1.165, 1.54) is 13.2 Å². The standard InChI is InChI=1S/C18H15NO4/c1-19-11(9-17(21)23-2)7-8-15(19)14-10-16(20)12-5-3-4-6-13(12)18(14)22/h3-8,10H,9H2,1-2H3. The first-order valence-electron chi connectivity index (χ1n) is 7.14. The SMILES string of the molecule is COC(=O)Cc1ccc(C2=CC(=O)c3ccccc3C2=O)n1C. The van der Waals surface area contributed by atoms with Crippen LogP contribution >= 0.6 is 0 Å². The summed E-state index contributed by atoms with van der Waals surface area (Å²) < 4.78 is 6.40. The monoisotopic (exact) mass is 309 g/mol. The molecule has 23 heavy (non-hydrogen) atoms. The summed E-state index contributed by atoms with van der Waals surface area (Å²) in [4.78, 5) is 36.3. The maximum atomic E-state index is 12.7. The van der Waals surface area contributed by atoms with Crippen LogP contribution in [-0.4, -0.2) is 29.2 Å². The van der Waals surface area contributed by atoms with Gasteiger partial charge in [0.2, 0.25) is 0 Å². The number of Topliss-reactive ketones (excluding diaryl/α,β-unsaturated/α-hetero) is 1. The smallest absolute Gasteiger partial charge is 0.311 e. The number of fused-ring (bicyclic) bond motifs is 1. The van der Waals surface area contributed by atoms with Crippen molar-refractivity contribution in [1.82, 2.24) is 4.57 Å². The number of esters is 1. The summed E-state index contributed by atoms with van der Waals surface area (Å²) in [5, 5.41) is 0. The fourth-order valence-electron chi connectivity index (χ4n) is 2.73. The van der Waals surface area contributed by atoms with Gasteiger partial charge in [-0.25, -0.2) is 0 Å². The molecule has 0 unspecified atom stereocenters. The number of benzene rings is 1. The average Bonchev–Trinajstić information content (AvgIpc) is 2.91. The van der Waals surface area contributed by atoms with Crippen molar-refractivity contribution in [2.24, 2.45) is 7.05 Å². The zero-order valence-corrected chi connectivity index (χ0v) is 12.8. The molecule has 1 aliphatic rings. The summed E-state index contributed by atoms with van der Waals surface area (Å²) in [6, 6.07) is 10.3. The Labute approximate surface area is 133 Å². The van der Waals surface area contributed by atoms with E-state index in [-0.39, 0.29) is 24.0 Å². The van der Waals surface area contributed by atoms with Gasteiger partial charge in [0, 0.05) is 23.9 Å². The van der Waals surface area contributed by atoms with Gasteiger partial charge in [0.25, 0.3) is 0 Å². The van der Waals surface area contributed by atoms with Gasteiger partial charge in [-0.3, -0.25) is 14.4 Å². The van der Waals surface area contributed by atoms with Crippen LogP contribution in [0.25, 0.3) is 5.57 Å². The summed E-state index contributed by atoms with van der Waals surface area (Å²) in [6.07, 6.45) is 1.47. The topological polar surface area (TPSA) is 65.4 Å². The van der Waals surface area contributed by atoms with Crippen molar-refractivity contribution < 1.29 is 19.1 Å². The lowest BCUT2D eigenvalue weighted by molar-refractivity contribution is -0.139. The van der Waals surface area contributed by atoms with Crippen LogP contribution in [-0.2, 0) is 23.0 Å². The molecule has 5 heteroatoms. The highest BCUT2D eigenvalue weighted by Gasteiger charge is 2.27. The quantitative estimate of drug-likeness (QED) is 0.815. The Kier molecular flexibility index (Phi) is 3.70. The van der Waals surface area contributed by atoms with Gasteiger partial charge >= 0.3 is 5.97 Å². The molecule has 0 aliphatic heterocycles. The van der Waals surface area contributed by atoms with Gasteiger partial charge < -0.3 is 9.30 Å². The van der Waals surface area contributed by atoms with Crippen LogP contribution in [0.4, 0.5) is 0 Å². The number of carbonyl (C=O) groups is 3. The third-order valence-electron chi connectivity index (χ3n) is 4.01. The van der Waals surface area contributed by atoms with Gasteiger partial charge in [0.1, 0.15) is 0 Å². The predicted octanol–water partition coefficient (Wildman–Crippen LogP) is 2.20. The van der Waals surface area contributed by atoms with Crippen molar-refractivity contribution in [3.8, 4) is 0 Å². The summed E-state index contributed by atoms with van der Waals surface area (Å²) in [7, 11) is 3.09. The molecule has 0 saturated heterocycles. The van der Waals surface area contributed by atoms with Gasteiger partial charge in [0.15, 0.2) is 11.6 Å². The van der Waals surface area contributed by atoms with Crippen LogP contribution < -0.4 is 0 Å². The molecule has 0 atom stereocenters. The van der Waals surface area contributed by atoms with Crippen LogP contribution in [0.5, 0.6) is 0 Å². The van der Waals surface area contributed by atoms with E-state index in [1.54, 1.807) is 48.0 Å². The normalized spacial score (nSPS) is 13.6. The fraction of sp³-hybridized carbons (Fsp3) is 0.167. The number of methoxy groups -OCH3 is 1. The minimum absolute atomic E-state index is 0.110. The molecule has 2 aromatic rings. The highest BCUT2D eigenvalue weighted by Crippen LogP contribution is 2.28. The Bertz CT molecular complexity index is 858. The molecule has 1 aliphatic carbocycles. The number of rotatable bonds is 3. The Morgan fingerprint density at radius 2 is 1.78 bits per heavy atom. The van der Waals surface area contributed by atoms with E-state index in [9.17, 15) is 14.4 Å². The summed E-state index contributed by atoms with van der Waals surface area (Å²) >= 11 is 0. The molecular formula is C18H15NO4. The maximum Gasteiger partial charge on any atom is 0.311 e.